The Bertz CT molecular complexity index is 1530. The average Bonchev–Trinajstić information content (AvgIpc) is 3.00. The summed E-state index contributed by atoms with van der Waals surface area (Å²) in [7, 11) is 3.76. The number of rotatable bonds is 8. The van der Waals surface area contributed by atoms with Crippen LogP contribution in [0.15, 0.2) is 53.1 Å². The van der Waals surface area contributed by atoms with E-state index in [-0.39, 0.29) is 25.3 Å². The van der Waals surface area contributed by atoms with Crippen molar-refractivity contribution < 1.29 is 48.0 Å². The lowest BCUT2D eigenvalue weighted by Crippen LogP contribution is -2.56. The maximum atomic E-state index is 14.8. The molecule has 11 nitrogen and oxygen atoms in total. The van der Waals surface area contributed by atoms with Gasteiger partial charge in [0.15, 0.2) is 5.78 Å². The SMILES string of the molecule is CC(=O)O[C@H]1C[C@H]2[C@@H](OC(C)=O)/C=C3/[C@H](C)[C@@H](OC(=O)CC(c4ccccc4)N(C)C)C[C@H](OC(C)=O)[C@@]3(C)C(=O)[C@H](O)C(=C1C)C2(C)C. The van der Waals surface area contributed by atoms with Gasteiger partial charge in [0, 0.05) is 45.1 Å². The van der Waals surface area contributed by atoms with Gasteiger partial charge in [-0.1, -0.05) is 51.1 Å². The molecule has 0 saturated heterocycles. The number of Topliss-reactive ketones (excluding diaryl/α,β-unsaturated/α-hetero) is 1. The van der Waals surface area contributed by atoms with Crippen molar-refractivity contribution >= 4 is 29.7 Å². The molecule has 0 radical (unpaired) electrons. The Morgan fingerprint density at radius 1 is 0.918 bits per heavy atom. The zero-order chi connectivity index (χ0) is 36.6. The Balaban J connectivity index is 1.86. The summed E-state index contributed by atoms with van der Waals surface area (Å²) in [6, 6.07) is 9.33. The number of hydrogen-bond donors (Lipinski definition) is 1. The summed E-state index contributed by atoms with van der Waals surface area (Å²) in [6.45, 7) is 12.7. The maximum absolute atomic E-state index is 14.8. The molecule has 49 heavy (non-hydrogen) atoms. The maximum Gasteiger partial charge on any atom is 0.308 e. The second-order valence-electron chi connectivity index (χ2n) is 14.7. The predicted molar refractivity (Wildman–Crippen MR) is 180 cm³/mol. The van der Waals surface area contributed by atoms with E-state index in [1.807, 2.05) is 70.1 Å². The Morgan fingerprint density at radius 2 is 1.51 bits per heavy atom. The van der Waals surface area contributed by atoms with E-state index in [1.54, 1.807) is 19.9 Å². The van der Waals surface area contributed by atoms with Crippen molar-refractivity contribution in [2.75, 3.05) is 14.1 Å². The van der Waals surface area contributed by atoms with Gasteiger partial charge in [-0.05, 0) is 68.1 Å². The van der Waals surface area contributed by atoms with Gasteiger partial charge in [0.05, 0.1) is 11.8 Å². The highest BCUT2D eigenvalue weighted by molar-refractivity contribution is 5.95. The van der Waals surface area contributed by atoms with Crippen LogP contribution in [0.2, 0.25) is 0 Å². The standard InChI is InChI=1S/C38H51NO10/c1-20-26-16-31(47-23(4)41)27-17-29(46-22(3)40)21(2)34(37(27,6)7)35(44)36(45)38(26,8)32(48-24(5)42)19-30(20)49-33(43)18-28(39(9)10)25-14-12-11-13-15-25/h11-16,20,27-32,35,44H,17-19H2,1-10H3/b26-16-/t20-,27-,28?,29-,30-,31-,32-,35+,38-/m0/s1. The molecule has 0 amide bonds. The second-order valence-corrected chi connectivity index (χ2v) is 14.7. The molecule has 1 fully saturated rings. The number of ether oxygens (including phenoxy) is 4. The van der Waals surface area contributed by atoms with E-state index >= 15 is 0 Å². The van der Waals surface area contributed by atoms with E-state index < -0.39 is 82.8 Å². The molecule has 3 aliphatic rings. The number of nitrogens with zero attached hydrogens (tertiary/aromatic N) is 1. The fraction of sp³-hybridized carbons (Fsp3) is 0.605. The Kier molecular flexibility index (Phi) is 11.3. The molecule has 4 rings (SSSR count). The molecule has 2 bridgehead atoms. The van der Waals surface area contributed by atoms with Crippen molar-refractivity contribution in [3.63, 3.8) is 0 Å². The summed E-state index contributed by atoms with van der Waals surface area (Å²) in [6.07, 6.45) is -3.32. The van der Waals surface area contributed by atoms with E-state index in [1.165, 1.54) is 20.8 Å². The Hall–Kier alpha value is -3.83. The first-order valence-electron chi connectivity index (χ1n) is 16.9. The molecule has 0 aliphatic heterocycles. The lowest BCUT2D eigenvalue weighted by molar-refractivity contribution is -0.171. The van der Waals surface area contributed by atoms with E-state index in [2.05, 4.69) is 0 Å². The molecular formula is C38H51NO10. The number of benzene rings is 1. The molecule has 268 valence electrons. The van der Waals surface area contributed by atoms with Gasteiger partial charge in [-0.2, -0.15) is 0 Å². The molecule has 1 unspecified atom stereocenters. The predicted octanol–water partition coefficient (Wildman–Crippen LogP) is 4.67. The number of carbonyl (C=O) groups is 5. The van der Waals surface area contributed by atoms with Crippen LogP contribution in [0.3, 0.4) is 0 Å². The molecule has 0 spiro atoms. The third kappa shape index (κ3) is 7.52. The first kappa shape index (κ1) is 38.0. The molecule has 1 aromatic rings. The Labute approximate surface area is 289 Å². The summed E-state index contributed by atoms with van der Waals surface area (Å²) in [5.74, 6) is -3.98. The summed E-state index contributed by atoms with van der Waals surface area (Å²) < 4.78 is 23.6. The molecule has 0 heterocycles. The minimum atomic E-state index is -1.67. The second kappa shape index (κ2) is 14.6. The highest BCUT2D eigenvalue weighted by atomic mass is 16.6. The van der Waals surface area contributed by atoms with E-state index in [0.717, 1.165) is 5.56 Å². The number of aliphatic hydroxyl groups excluding tert-OH is 1. The first-order chi connectivity index (χ1) is 22.8. The molecule has 3 aliphatic carbocycles. The highest BCUT2D eigenvalue weighted by Gasteiger charge is 2.60. The molecule has 9 atom stereocenters. The fourth-order valence-electron chi connectivity index (χ4n) is 8.35. The van der Waals surface area contributed by atoms with Gasteiger partial charge in [0.25, 0.3) is 0 Å². The van der Waals surface area contributed by atoms with Crippen LogP contribution in [-0.4, -0.2) is 84.3 Å². The van der Waals surface area contributed by atoms with Crippen LogP contribution < -0.4 is 0 Å². The zero-order valence-corrected chi connectivity index (χ0v) is 30.3. The van der Waals surface area contributed by atoms with Crippen LogP contribution in [0.5, 0.6) is 0 Å². The van der Waals surface area contributed by atoms with Crippen LogP contribution in [0, 0.1) is 22.7 Å². The van der Waals surface area contributed by atoms with Crippen molar-refractivity contribution in [1.29, 1.82) is 0 Å². The van der Waals surface area contributed by atoms with E-state index in [9.17, 15) is 29.1 Å². The molecule has 0 aromatic heterocycles. The largest absolute Gasteiger partial charge is 0.462 e. The normalized spacial score (nSPS) is 32.7. The van der Waals surface area contributed by atoms with Gasteiger partial charge in [-0.15, -0.1) is 0 Å². The van der Waals surface area contributed by atoms with E-state index in [0.29, 0.717) is 16.7 Å². The molecule has 1 aromatic carbocycles. The summed E-state index contributed by atoms with van der Waals surface area (Å²) >= 11 is 0. The molecule has 11 heteroatoms. The average molecular weight is 682 g/mol. The number of esters is 4. The number of aliphatic hydroxyl groups is 1. The van der Waals surface area contributed by atoms with E-state index in [4.69, 9.17) is 18.9 Å². The molecule has 1 N–H and O–H groups in total. The fourth-order valence-corrected chi connectivity index (χ4v) is 8.35. The minimum Gasteiger partial charge on any atom is -0.462 e. The van der Waals surface area contributed by atoms with Crippen molar-refractivity contribution in [1.82, 2.24) is 4.90 Å². The number of hydrogen-bond acceptors (Lipinski definition) is 11. The smallest absolute Gasteiger partial charge is 0.308 e. The molecular weight excluding hydrogens is 630 g/mol. The van der Waals surface area contributed by atoms with Gasteiger partial charge in [-0.25, -0.2) is 0 Å². The minimum absolute atomic E-state index is 0.00406. The summed E-state index contributed by atoms with van der Waals surface area (Å²) in [5.41, 5.74) is -0.219. The van der Waals surface area contributed by atoms with Crippen molar-refractivity contribution in [2.24, 2.45) is 22.7 Å². The monoisotopic (exact) mass is 681 g/mol. The van der Waals surface area contributed by atoms with Gasteiger partial charge in [0.2, 0.25) is 0 Å². The lowest BCUT2D eigenvalue weighted by Gasteiger charge is -2.48. The van der Waals surface area contributed by atoms with Crippen LogP contribution in [-0.2, 0) is 42.9 Å². The van der Waals surface area contributed by atoms with Crippen LogP contribution >= 0.6 is 0 Å². The highest BCUT2D eigenvalue weighted by Crippen LogP contribution is 2.55. The van der Waals surface area contributed by atoms with Crippen molar-refractivity contribution in [3.8, 4) is 0 Å². The van der Waals surface area contributed by atoms with Gasteiger partial charge in [-0.3, -0.25) is 24.0 Å². The van der Waals surface area contributed by atoms with Gasteiger partial charge >= 0.3 is 23.9 Å². The number of carbonyl (C=O) groups excluding carboxylic acids is 5. The van der Waals surface area contributed by atoms with Gasteiger partial charge in [0.1, 0.15) is 30.5 Å². The summed E-state index contributed by atoms with van der Waals surface area (Å²) in [4.78, 5) is 67.7. The third-order valence-corrected chi connectivity index (χ3v) is 10.9. The summed E-state index contributed by atoms with van der Waals surface area (Å²) in [5, 5.41) is 12.0. The zero-order valence-electron chi connectivity index (χ0n) is 30.3. The van der Waals surface area contributed by atoms with Crippen LogP contribution in [0.25, 0.3) is 0 Å². The first-order valence-corrected chi connectivity index (χ1v) is 16.9. The Morgan fingerprint density at radius 3 is 2.06 bits per heavy atom. The lowest BCUT2D eigenvalue weighted by atomic mass is 9.59. The molecule has 1 saturated carbocycles. The van der Waals surface area contributed by atoms with Crippen LogP contribution in [0.4, 0.5) is 0 Å². The van der Waals surface area contributed by atoms with Crippen molar-refractivity contribution in [2.45, 2.75) is 111 Å². The quantitative estimate of drug-likeness (QED) is 0.232. The third-order valence-electron chi connectivity index (χ3n) is 10.9. The van der Waals surface area contributed by atoms with Crippen molar-refractivity contribution in [3.05, 3.63) is 58.7 Å². The topological polar surface area (TPSA) is 146 Å². The van der Waals surface area contributed by atoms with Gasteiger partial charge < -0.3 is 29.0 Å². The van der Waals surface area contributed by atoms with Crippen LogP contribution in [0.1, 0.15) is 86.3 Å². The number of ketones is 1. The number of fused-ring (bicyclic) bond motifs is 3.